The first-order valence-corrected chi connectivity index (χ1v) is 47.1. The Kier molecular flexibility index (Phi) is 23.2. The molecule has 113 heavy (non-hydrogen) atoms. The van der Waals surface area contributed by atoms with Gasteiger partial charge in [0.1, 0.15) is 89.7 Å². The lowest BCUT2D eigenvalue weighted by Crippen LogP contribution is -2.51. The molecule has 14 heterocycles. The van der Waals surface area contributed by atoms with Gasteiger partial charge in [0.25, 0.3) is 16.7 Å². The van der Waals surface area contributed by atoms with Gasteiger partial charge in [0, 0.05) is 67.0 Å². The number of aromatic nitrogens is 12. The van der Waals surface area contributed by atoms with Crippen LogP contribution in [0.1, 0.15) is 87.0 Å². The number of imidazole rings is 1. The van der Waals surface area contributed by atoms with E-state index in [0.717, 1.165) is 25.4 Å². The zero-order chi connectivity index (χ0) is 81.7. The number of hydrogen-bond acceptors (Lipinski definition) is 38. The Morgan fingerprint density at radius 3 is 1.42 bits per heavy atom. The smallest absolute Gasteiger partial charge is 0.386 e. The van der Waals surface area contributed by atoms with E-state index >= 15 is 4.57 Å². The van der Waals surface area contributed by atoms with Gasteiger partial charge in [-0.25, -0.2) is 28.7 Å². The molecule has 0 radical (unpaired) electrons. The molecule has 8 fully saturated rings. The molecule has 14 N–H and O–H groups in total. The zero-order valence-corrected chi connectivity index (χ0v) is 68.8. The monoisotopic (exact) mass is 1780 g/mol. The minimum Gasteiger partial charge on any atom is -0.393 e. The number of nitrogens with one attached hydrogen (secondary N) is 3. The number of aryl methyl sites for hydroxylation is 4. The maximum Gasteiger partial charge on any atom is 0.386 e. The number of aliphatic hydroxyl groups excluding tert-OH is 1. The number of nitrogens with two attached hydrogens (primary N) is 3. The molecule has 14 rings (SSSR count). The SMILES string of the molecule is COP(O)(=S)OC1C[C@H](n2cc(C)c(=O)[nH]c2=O)O[C@@H]1COP(O)(=S)OC1C[C@H](n2cc(C)c(=O)[nH]c2=O)O[C@@H]1COP(O)(=S)OC1[C@@H]2O[C@@H](C)[C@]1(COP(=O)(S)OC1[C@@H]3O[C@@H](C)[C@]1(COP(O)(=S)OC1[C@@H]4O[C@@H](C)[C@]1(CO)O[C@H]4n1cc(C)c(N)nc1=O)O[C@H]3n1cnc3c(=O)[nH]c(N)nc31)O[C@H]2n1cc(C)c(N)nc1=O. The fourth-order valence-corrected chi connectivity index (χ4v) is 21.6. The van der Waals surface area contributed by atoms with Crippen molar-refractivity contribution in [3.05, 3.63) is 126 Å². The number of rotatable bonds is 29. The van der Waals surface area contributed by atoms with Gasteiger partial charge >= 0.3 is 56.4 Å². The molecule has 6 bridgehead atoms. The van der Waals surface area contributed by atoms with Crippen LogP contribution in [0, 0.1) is 27.7 Å². The van der Waals surface area contributed by atoms with Gasteiger partial charge in [0.05, 0.1) is 69.9 Å². The Morgan fingerprint density at radius 2 is 0.947 bits per heavy atom. The summed E-state index contributed by atoms with van der Waals surface area (Å²) in [6.45, 7) is -16.6. The second-order valence-electron chi connectivity index (χ2n) is 27.8. The number of thiol groups is 1. The van der Waals surface area contributed by atoms with Crippen LogP contribution in [-0.4, -0.2) is 219 Å². The second-order valence-corrected chi connectivity index (χ2v) is 41.9. The molecule has 0 aromatic carbocycles. The summed E-state index contributed by atoms with van der Waals surface area (Å²) in [5.74, 6) is -0.523. The van der Waals surface area contributed by atoms with E-state index in [1.54, 1.807) is 13.8 Å². The minimum absolute atomic E-state index is 0.0521. The topological polar surface area (TPSA) is 605 Å². The summed E-state index contributed by atoms with van der Waals surface area (Å²) in [5.41, 5.74) is 6.85. The molecule has 6 aromatic heterocycles. The maximum atomic E-state index is 15.5. The lowest BCUT2D eigenvalue weighted by Gasteiger charge is -2.38. The summed E-state index contributed by atoms with van der Waals surface area (Å²) in [4.78, 5) is 162. The zero-order valence-electron chi connectivity index (χ0n) is 60.2. The number of anilines is 3. The van der Waals surface area contributed by atoms with E-state index in [0.29, 0.717) is 5.56 Å². The number of fused-ring (bicyclic) bond motifs is 7. The average molecular weight is 1780 g/mol. The Bertz CT molecular complexity index is 5490. The van der Waals surface area contributed by atoms with E-state index < -0.39 is 233 Å². The summed E-state index contributed by atoms with van der Waals surface area (Å²) < 4.78 is 132. The average Bonchev–Trinajstić information content (AvgIpc) is 1.57. The molecular formula is C57H76N15O31P5S5. The van der Waals surface area contributed by atoms with E-state index in [1.165, 1.54) is 70.3 Å². The molecule has 6 aromatic rings. The number of nitrogens with zero attached hydrogens (tertiary/aromatic N) is 9. The quantitative estimate of drug-likeness (QED) is 0.0198. The van der Waals surface area contributed by atoms with E-state index in [-0.39, 0.29) is 58.3 Å². The molecule has 0 spiro atoms. The molecule has 8 saturated heterocycles. The molecule has 46 nitrogen and oxygen atoms in total. The summed E-state index contributed by atoms with van der Waals surface area (Å²) in [6, 6.07) is 0. The van der Waals surface area contributed by atoms with Gasteiger partial charge < -0.3 is 107 Å². The number of aromatic amines is 3. The fourth-order valence-electron chi connectivity index (χ4n) is 14.8. The third-order valence-electron chi connectivity index (χ3n) is 20.7. The van der Waals surface area contributed by atoms with Crippen molar-refractivity contribution in [2.75, 3.05) is 57.3 Å². The van der Waals surface area contributed by atoms with Crippen LogP contribution >= 0.6 is 45.9 Å². The van der Waals surface area contributed by atoms with Crippen LogP contribution in [0.5, 0.6) is 0 Å². The molecular weight excluding hydrogens is 1710 g/mol. The lowest BCUT2D eigenvalue weighted by atomic mass is 9.94. The molecule has 0 amide bonds. The Hall–Kier alpha value is -4.87. The Labute approximate surface area is 660 Å². The van der Waals surface area contributed by atoms with Crippen molar-refractivity contribution in [2.24, 2.45) is 0 Å². The van der Waals surface area contributed by atoms with E-state index in [9.17, 15) is 58.2 Å². The number of ether oxygens (including phenoxy) is 8. The normalized spacial score (nSPS) is 35.1. The first kappa shape index (κ1) is 84.6. The third kappa shape index (κ3) is 16.0. The van der Waals surface area contributed by atoms with Crippen molar-refractivity contribution in [1.82, 2.24) is 57.7 Å². The van der Waals surface area contributed by atoms with Crippen LogP contribution in [-0.2, 0) is 135 Å². The molecule has 10 unspecified atom stereocenters. The number of hydrogen-bond donors (Lipinski definition) is 12. The summed E-state index contributed by atoms with van der Waals surface area (Å²) in [5, 5.41) is 11.0. The van der Waals surface area contributed by atoms with Gasteiger partial charge in [-0.2, -0.15) is 15.0 Å². The predicted molar refractivity (Wildman–Crippen MR) is 403 cm³/mol. The molecule has 56 heteroatoms. The Balaban J connectivity index is 0.727. The van der Waals surface area contributed by atoms with Crippen LogP contribution in [0.3, 0.4) is 0 Å². The van der Waals surface area contributed by atoms with Gasteiger partial charge in [-0.3, -0.25) is 70.3 Å². The molecule has 8 aliphatic heterocycles. The second kappa shape index (κ2) is 31.1. The van der Waals surface area contributed by atoms with Gasteiger partial charge in [-0.1, -0.05) is 12.2 Å². The van der Waals surface area contributed by atoms with Crippen LogP contribution in [0.15, 0.2) is 64.7 Å². The van der Waals surface area contributed by atoms with E-state index in [4.69, 9.17) is 148 Å². The maximum absolute atomic E-state index is 15.5. The van der Waals surface area contributed by atoms with Crippen molar-refractivity contribution in [2.45, 2.75) is 189 Å². The van der Waals surface area contributed by atoms with Crippen LogP contribution in [0.2, 0.25) is 0 Å². The lowest BCUT2D eigenvalue weighted by molar-refractivity contribution is -0.219. The third-order valence-corrected chi connectivity index (χ3v) is 28.6. The summed E-state index contributed by atoms with van der Waals surface area (Å²) >= 11 is 26.5. The number of nitrogen functional groups attached to an aromatic ring is 3. The highest BCUT2D eigenvalue weighted by Crippen LogP contribution is 2.66. The largest absolute Gasteiger partial charge is 0.393 e. The molecule has 0 aliphatic carbocycles. The van der Waals surface area contributed by atoms with Crippen LogP contribution in [0.4, 0.5) is 17.6 Å². The van der Waals surface area contributed by atoms with E-state index in [1.807, 2.05) is 0 Å². The van der Waals surface area contributed by atoms with Gasteiger partial charge in [0.2, 0.25) is 5.95 Å². The summed E-state index contributed by atoms with van der Waals surface area (Å²) in [7, 11) is 1.10. The number of aliphatic hydroxyl groups is 1. The highest BCUT2D eigenvalue weighted by Gasteiger charge is 2.72. The van der Waals surface area contributed by atoms with Gasteiger partial charge in [0.15, 0.2) is 29.8 Å². The van der Waals surface area contributed by atoms with Gasteiger partial charge in [-0.15, -0.1) is 0 Å². The minimum atomic E-state index is -5.04. The van der Waals surface area contributed by atoms with Crippen molar-refractivity contribution in [1.29, 1.82) is 0 Å². The molecule has 0 saturated carbocycles. The van der Waals surface area contributed by atoms with Crippen molar-refractivity contribution < 1.29 is 112 Å². The highest BCUT2D eigenvalue weighted by atomic mass is 32.7. The highest BCUT2D eigenvalue weighted by molar-refractivity contribution is 8.44. The van der Waals surface area contributed by atoms with Crippen molar-refractivity contribution >= 4 is 122 Å². The van der Waals surface area contributed by atoms with Crippen molar-refractivity contribution in [3.8, 4) is 0 Å². The van der Waals surface area contributed by atoms with E-state index in [2.05, 4.69) is 47.1 Å². The fraction of sp³-hybridized carbons (Fsp3) is 0.632. The predicted octanol–water partition coefficient (Wildman–Crippen LogP) is -1.01. The van der Waals surface area contributed by atoms with Gasteiger partial charge in [-0.05, 0) is 95.7 Å². The molecule has 620 valence electrons. The van der Waals surface area contributed by atoms with Crippen LogP contribution < -0.4 is 56.6 Å². The first-order chi connectivity index (χ1) is 52.9. The summed E-state index contributed by atoms with van der Waals surface area (Å²) in [6.07, 6.45) is -18.7. The number of H-pyrrole nitrogens is 3. The van der Waals surface area contributed by atoms with Crippen LogP contribution in [0.25, 0.3) is 11.2 Å². The first-order valence-electron chi connectivity index (χ1n) is 34.1. The van der Waals surface area contributed by atoms with Crippen molar-refractivity contribution in [3.63, 3.8) is 0 Å². The molecule has 8 aliphatic rings. The Morgan fingerprint density at radius 1 is 0.540 bits per heavy atom. The molecule has 26 atom stereocenters. The standard InChI is InChI=1S/C57H76N15O31P5S5/c1-21-11-70(51(77)62-41(21)58)47-35-38(55(17-73,96-47)25(5)91-35)101-107(84,112)89-19-57-27(7)93-37(49(98-57)72-20-61-34-43(72)64-50(60)65-46(34)76)40(57)103-108(85,113)90-18-56-26(6)92-36(48(97-56)71-12-22(2)42(59)63-52(71)78)39(56)102-106(83,111)88-16-31-29(10-33(95-31)69-14-24(4)45(75)67-54(69)80)100-105(82,110)87-15-30-28(99-104(81,109)86-8)9-32(94-30)68-13-23(3)44(74)66-53(68)79/h11-14,20,25-33,35-40,47-49,73H,9-10,15-19H2,1-8H3,(H,81,109)(H,82,110)(H,83,111)(H,84,112)(H,85,113)(H2,58,62,77)(H2,59,63,78)(H,66,74,79)(H,67,75,80)(H3,60,64,65,76)/t25-,26-,27-,28?,29?,30+,31+,32+,33+,35-,36-,37-,38?,39?,40?,47+,48+,49+,55-,56-,57-,104?,105?,106?,107?,108?/m0/s1.